The molecule has 1 heterocycles. The number of hydrogen-bond acceptors (Lipinski definition) is 1. The van der Waals surface area contributed by atoms with Gasteiger partial charge < -0.3 is 4.98 Å². The van der Waals surface area contributed by atoms with Crippen LogP contribution in [0.4, 0.5) is 0 Å². The maximum absolute atomic E-state index is 6.12. The van der Waals surface area contributed by atoms with Crippen LogP contribution in [-0.2, 0) is 0 Å². The summed E-state index contributed by atoms with van der Waals surface area (Å²) < 4.78 is 0. The Balaban J connectivity index is 2.38. The van der Waals surface area contributed by atoms with Gasteiger partial charge in [0.2, 0.25) is 0 Å². The number of imidazole rings is 1. The van der Waals surface area contributed by atoms with Gasteiger partial charge in [0.05, 0.1) is 0 Å². The summed E-state index contributed by atoms with van der Waals surface area (Å²) in [6.07, 6.45) is 3.53. The quantitative estimate of drug-likeness (QED) is 0.849. The largest absolute Gasteiger partial charge is 0.348 e. The van der Waals surface area contributed by atoms with Crippen molar-refractivity contribution in [3.8, 4) is 0 Å². The molecular weight excluding hydrogens is 231 g/mol. The second kappa shape index (κ2) is 4.25. The van der Waals surface area contributed by atoms with E-state index >= 15 is 0 Å². The van der Waals surface area contributed by atoms with E-state index in [1.807, 2.05) is 19.1 Å². The Morgan fingerprint density at radius 3 is 2.73 bits per heavy atom. The molecule has 0 amide bonds. The van der Waals surface area contributed by atoms with Crippen molar-refractivity contribution < 1.29 is 0 Å². The maximum atomic E-state index is 6.12. The number of rotatable bonds is 2. The van der Waals surface area contributed by atoms with Crippen LogP contribution in [0, 0.1) is 0 Å². The lowest BCUT2D eigenvalue weighted by Crippen LogP contribution is -1.99. The first-order valence-corrected chi connectivity index (χ1v) is 5.38. The van der Waals surface area contributed by atoms with E-state index in [0.29, 0.717) is 10.0 Å². The minimum Gasteiger partial charge on any atom is -0.348 e. The van der Waals surface area contributed by atoms with Crippen molar-refractivity contribution in [1.82, 2.24) is 9.97 Å². The van der Waals surface area contributed by atoms with Gasteiger partial charge in [0, 0.05) is 28.4 Å². The molecule has 0 fully saturated rings. The molecule has 0 aliphatic rings. The lowest BCUT2D eigenvalue weighted by molar-refractivity contribution is 0.840. The van der Waals surface area contributed by atoms with Crippen molar-refractivity contribution >= 4 is 23.2 Å². The van der Waals surface area contributed by atoms with Crippen LogP contribution in [0.5, 0.6) is 0 Å². The fraction of sp³-hybridized carbons (Fsp3) is 0.182. The monoisotopic (exact) mass is 240 g/mol. The van der Waals surface area contributed by atoms with Crippen molar-refractivity contribution in [2.75, 3.05) is 0 Å². The zero-order valence-electron chi connectivity index (χ0n) is 8.17. The van der Waals surface area contributed by atoms with Crippen LogP contribution in [0.3, 0.4) is 0 Å². The number of nitrogens with zero attached hydrogens (tertiary/aromatic N) is 1. The molecule has 0 aliphatic carbocycles. The standard InChI is InChI=1S/C11H10Cl2N2/c1-7(11-14-4-5-15-11)9-3-2-8(12)6-10(9)13/h2-7H,1H3,(H,14,15). The number of nitrogens with one attached hydrogen (secondary N) is 1. The molecule has 78 valence electrons. The van der Waals surface area contributed by atoms with E-state index in [1.54, 1.807) is 18.5 Å². The van der Waals surface area contributed by atoms with Crippen LogP contribution in [0.25, 0.3) is 0 Å². The highest BCUT2D eigenvalue weighted by molar-refractivity contribution is 6.35. The molecule has 1 N–H and O–H groups in total. The van der Waals surface area contributed by atoms with Gasteiger partial charge in [0.1, 0.15) is 5.82 Å². The van der Waals surface area contributed by atoms with Crippen molar-refractivity contribution in [2.45, 2.75) is 12.8 Å². The minimum absolute atomic E-state index is 0.143. The topological polar surface area (TPSA) is 28.7 Å². The smallest absolute Gasteiger partial charge is 0.113 e. The SMILES string of the molecule is CC(c1ncc[nH]1)c1ccc(Cl)cc1Cl. The molecule has 15 heavy (non-hydrogen) atoms. The van der Waals surface area contributed by atoms with Gasteiger partial charge >= 0.3 is 0 Å². The van der Waals surface area contributed by atoms with Crippen LogP contribution in [-0.4, -0.2) is 9.97 Å². The molecule has 0 saturated carbocycles. The molecule has 0 aliphatic heterocycles. The molecule has 0 bridgehead atoms. The van der Waals surface area contributed by atoms with E-state index in [2.05, 4.69) is 9.97 Å². The predicted octanol–water partition coefficient (Wildman–Crippen LogP) is 3.87. The molecule has 1 aromatic carbocycles. The predicted molar refractivity (Wildman–Crippen MR) is 62.6 cm³/mol. The van der Waals surface area contributed by atoms with E-state index in [0.717, 1.165) is 11.4 Å². The average molecular weight is 241 g/mol. The van der Waals surface area contributed by atoms with E-state index in [1.165, 1.54) is 0 Å². The molecule has 2 rings (SSSR count). The van der Waals surface area contributed by atoms with E-state index < -0.39 is 0 Å². The lowest BCUT2D eigenvalue weighted by atomic mass is 10.0. The number of H-pyrrole nitrogens is 1. The third-order valence-electron chi connectivity index (χ3n) is 2.36. The normalized spacial score (nSPS) is 12.7. The second-order valence-electron chi connectivity index (χ2n) is 3.36. The van der Waals surface area contributed by atoms with Gasteiger partial charge in [-0.05, 0) is 17.7 Å². The summed E-state index contributed by atoms with van der Waals surface area (Å²) in [5.74, 6) is 1.05. The Bertz CT molecular complexity index is 452. The summed E-state index contributed by atoms with van der Waals surface area (Å²) in [6, 6.07) is 5.51. The highest BCUT2D eigenvalue weighted by atomic mass is 35.5. The zero-order valence-corrected chi connectivity index (χ0v) is 9.68. The van der Waals surface area contributed by atoms with E-state index in [9.17, 15) is 0 Å². The zero-order chi connectivity index (χ0) is 10.8. The lowest BCUT2D eigenvalue weighted by Gasteiger charge is -2.11. The molecule has 4 heteroatoms. The average Bonchev–Trinajstić information content (AvgIpc) is 2.69. The van der Waals surface area contributed by atoms with E-state index in [4.69, 9.17) is 23.2 Å². The molecule has 0 radical (unpaired) electrons. The van der Waals surface area contributed by atoms with Crippen molar-refractivity contribution in [1.29, 1.82) is 0 Å². The Morgan fingerprint density at radius 1 is 1.33 bits per heavy atom. The Morgan fingerprint density at radius 2 is 2.13 bits per heavy atom. The Kier molecular flexibility index (Phi) is 2.98. The Labute approximate surface area is 98.3 Å². The van der Waals surface area contributed by atoms with Gasteiger partial charge in [-0.25, -0.2) is 4.98 Å². The number of aromatic nitrogens is 2. The maximum Gasteiger partial charge on any atom is 0.113 e. The first-order chi connectivity index (χ1) is 7.18. The molecule has 1 unspecified atom stereocenters. The molecule has 2 aromatic rings. The second-order valence-corrected chi connectivity index (χ2v) is 4.21. The number of hydrogen-bond donors (Lipinski definition) is 1. The van der Waals surface area contributed by atoms with Crippen molar-refractivity contribution in [2.24, 2.45) is 0 Å². The van der Waals surface area contributed by atoms with Crippen LogP contribution in [0.1, 0.15) is 24.2 Å². The van der Waals surface area contributed by atoms with Crippen molar-refractivity contribution in [3.05, 3.63) is 52.0 Å². The summed E-state index contributed by atoms with van der Waals surface area (Å²) in [5, 5.41) is 1.32. The first kappa shape index (κ1) is 10.5. The summed E-state index contributed by atoms with van der Waals surface area (Å²) in [7, 11) is 0. The third kappa shape index (κ3) is 2.16. The molecule has 0 saturated heterocycles. The molecule has 1 atom stereocenters. The van der Waals surface area contributed by atoms with Crippen LogP contribution in [0.15, 0.2) is 30.6 Å². The highest BCUT2D eigenvalue weighted by Crippen LogP contribution is 2.29. The van der Waals surface area contributed by atoms with Gasteiger partial charge in [-0.2, -0.15) is 0 Å². The van der Waals surface area contributed by atoms with Crippen LogP contribution >= 0.6 is 23.2 Å². The summed E-state index contributed by atoms with van der Waals surface area (Å²) in [5.41, 5.74) is 1.02. The van der Waals surface area contributed by atoms with Gasteiger partial charge in [0.15, 0.2) is 0 Å². The molecule has 1 aromatic heterocycles. The van der Waals surface area contributed by atoms with Crippen LogP contribution < -0.4 is 0 Å². The number of benzene rings is 1. The molecule has 2 nitrogen and oxygen atoms in total. The molecule has 0 spiro atoms. The summed E-state index contributed by atoms with van der Waals surface area (Å²) in [6.45, 7) is 2.05. The van der Waals surface area contributed by atoms with Gasteiger partial charge in [-0.1, -0.05) is 36.2 Å². The van der Waals surface area contributed by atoms with E-state index in [-0.39, 0.29) is 5.92 Å². The van der Waals surface area contributed by atoms with Gasteiger partial charge in [-0.15, -0.1) is 0 Å². The van der Waals surface area contributed by atoms with Crippen molar-refractivity contribution in [3.63, 3.8) is 0 Å². The first-order valence-electron chi connectivity index (χ1n) is 4.62. The third-order valence-corrected chi connectivity index (χ3v) is 2.92. The molecular formula is C11H10Cl2N2. The van der Waals surface area contributed by atoms with Gasteiger partial charge in [-0.3, -0.25) is 0 Å². The number of aromatic amines is 1. The minimum atomic E-state index is 0.143. The summed E-state index contributed by atoms with van der Waals surface area (Å²) in [4.78, 5) is 7.28. The fourth-order valence-corrected chi connectivity index (χ4v) is 2.09. The van der Waals surface area contributed by atoms with Crippen LogP contribution in [0.2, 0.25) is 10.0 Å². The van der Waals surface area contributed by atoms with Gasteiger partial charge in [0.25, 0.3) is 0 Å². The number of halogens is 2. The Hall–Kier alpha value is -0.990. The highest BCUT2D eigenvalue weighted by Gasteiger charge is 2.13. The fourth-order valence-electron chi connectivity index (χ4n) is 1.51. The summed E-state index contributed by atoms with van der Waals surface area (Å²) >= 11 is 12.0.